The van der Waals surface area contributed by atoms with Gasteiger partial charge in [0.15, 0.2) is 0 Å². The van der Waals surface area contributed by atoms with Crippen LogP contribution in [0.1, 0.15) is 39.2 Å². The summed E-state index contributed by atoms with van der Waals surface area (Å²) in [5, 5.41) is 11.6. The predicted octanol–water partition coefficient (Wildman–Crippen LogP) is 6.20. The van der Waals surface area contributed by atoms with Crippen LogP contribution in [0.3, 0.4) is 0 Å². The first kappa shape index (κ1) is 24.5. The van der Waals surface area contributed by atoms with Gasteiger partial charge in [0.05, 0.1) is 22.4 Å². The first-order chi connectivity index (χ1) is 15.0. The molecule has 1 aromatic carbocycles. The third kappa shape index (κ3) is 7.44. The highest BCUT2D eigenvalue weighted by molar-refractivity contribution is 6.35. The van der Waals surface area contributed by atoms with Crippen LogP contribution in [0.25, 0.3) is 22.2 Å². The number of aromatic nitrogens is 3. The maximum absolute atomic E-state index is 6.47. The van der Waals surface area contributed by atoms with Gasteiger partial charge in [-0.3, -0.25) is 5.10 Å². The Kier molecular flexibility index (Phi) is 10.1. The van der Waals surface area contributed by atoms with Gasteiger partial charge in [-0.15, -0.1) is 0 Å². The summed E-state index contributed by atoms with van der Waals surface area (Å²) >= 11 is 6.47. The second-order valence-electron chi connectivity index (χ2n) is 7.46. The molecule has 2 aromatic heterocycles. The SMILES string of the molecule is C=CNCCN(CCc1ccc2c(Cl)cc(-c3cn[nH]c3)nc2c1)C(=C)C.CCCC. The van der Waals surface area contributed by atoms with Crippen molar-refractivity contribution >= 4 is 22.5 Å². The minimum atomic E-state index is 0.696. The van der Waals surface area contributed by atoms with Crippen LogP contribution in [0.15, 0.2) is 61.7 Å². The summed E-state index contributed by atoms with van der Waals surface area (Å²) in [6.07, 6.45) is 8.83. The van der Waals surface area contributed by atoms with Crippen molar-refractivity contribution in [1.29, 1.82) is 0 Å². The number of pyridine rings is 1. The Labute approximate surface area is 191 Å². The van der Waals surface area contributed by atoms with Gasteiger partial charge in [-0.05, 0) is 37.2 Å². The Hall–Kier alpha value is -2.79. The number of unbranched alkanes of at least 4 members (excludes halogenated alkanes) is 1. The molecule has 3 rings (SSSR count). The summed E-state index contributed by atoms with van der Waals surface area (Å²) in [7, 11) is 0. The predicted molar refractivity (Wildman–Crippen MR) is 133 cm³/mol. The quantitative estimate of drug-likeness (QED) is 0.369. The third-order valence-corrected chi connectivity index (χ3v) is 5.31. The molecule has 0 radical (unpaired) electrons. The Morgan fingerprint density at radius 1 is 1.23 bits per heavy atom. The molecule has 3 aromatic rings. The fraction of sp³-hybridized carbons (Fsp3) is 0.360. The van der Waals surface area contributed by atoms with Crippen molar-refractivity contribution in [3.63, 3.8) is 0 Å². The van der Waals surface area contributed by atoms with Crippen molar-refractivity contribution in [3.8, 4) is 11.3 Å². The van der Waals surface area contributed by atoms with Gasteiger partial charge in [0.2, 0.25) is 0 Å². The number of nitrogens with zero attached hydrogens (tertiary/aromatic N) is 3. The van der Waals surface area contributed by atoms with E-state index >= 15 is 0 Å². The van der Waals surface area contributed by atoms with Crippen LogP contribution < -0.4 is 5.32 Å². The summed E-state index contributed by atoms with van der Waals surface area (Å²) in [5.74, 6) is 0. The number of allylic oxidation sites excluding steroid dienone is 1. The highest BCUT2D eigenvalue weighted by Gasteiger charge is 2.09. The van der Waals surface area contributed by atoms with Gasteiger partial charge in [-0.2, -0.15) is 5.10 Å². The maximum atomic E-state index is 6.47. The fourth-order valence-electron chi connectivity index (χ4n) is 2.99. The van der Waals surface area contributed by atoms with Gasteiger partial charge in [0, 0.05) is 42.5 Å². The van der Waals surface area contributed by atoms with Crippen molar-refractivity contribution in [3.05, 3.63) is 72.3 Å². The van der Waals surface area contributed by atoms with Gasteiger partial charge >= 0.3 is 0 Å². The molecule has 0 aliphatic carbocycles. The highest BCUT2D eigenvalue weighted by Crippen LogP contribution is 2.28. The molecule has 0 aliphatic rings. The zero-order chi connectivity index (χ0) is 22.6. The summed E-state index contributed by atoms with van der Waals surface area (Å²) in [6.45, 7) is 16.8. The molecule has 0 saturated heterocycles. The van der Waals surface area contributed by atoms with Crippen molar-refractivity contribution in [1.82, 2.24) is 25.4 Å². The van der Waals surface area contributed by atoms with E-state index < -0.39 is 0 Å². The normalized spacial score (nSPS) is 10.3. The molecule has 6 heteroatoms. The number of H-pyrrole nitrogens is 1. The number of aromatic amines is 1. The van der Waals surface area contributed by atoms with Gasteiger partial charge in [0.1, 0.15) is 0 Å². The number of hydrogen-bond acceptors (Lipinski definition) is 4. The minimum absolute atomic E-state index is 0.696. The van der Waals surface area contributed by atoms with E-state index in [1.165, 1.54) is 18.4 Å². The van der Waals surface area contributed by atoms with E-state index in [0.29, 0.717) is 5.02 Å². The van der Waals surface area contributed by atoms with Gasteiger partial charge in [0.25, 0.3) is 0 Å². The third-order valence-electron chi connectivity index (χ3n) is 5.00. The molecular formula is C25H34ClN5. The summed E-state index contributed by atoms with van der Waals surface area (Å²) in [6, 6.07) is 8.16. The van der Waals surface area contributed by atoms with Crippen molar-refractivity contribution < 1.29 is 0 Å². The van der Waals surface area contributed by atoms with Gasteiger partial charge in [-0.1, -0.05) is 63.6 Å². The molecule has 0 spiro atoms. The Morgan fingerprint density at radius 2 is 2.00 bits per heavy atom. The number of hydrogen-bond donors (Lipinski definition) is 2. The van der Waals surface area contributed by atoms with Gasteiger partial charge in [-0.25, -0.2) is 4.98 Å². The monoisotopic (exact) mass is 439 g/mol. The summed E-state index contributed by atoms with van der Waals surface area (Å²) in [5.41, 5.74) is 4.92. The lowest BCUT2D eigenvalue weighted by atomic mass is 10.1. The zero-order valence-electron chi connectivity index (χ0n) is 18.9. The maximum Gasteiger partial charge on any atom is 0.0756 e. The van der Waals surface area contributed by atoms with Crippen LogP contribution in [0.5, 0.6) is 0 Å². The van der Waals surface area contributed by atoms with Crippen LogP contribution in [0.4, 0.5) is 0 Å². The zero-order valence-corrected chi connectivity index (χ0v) is 19.7. The van der Waals surface area contributed by atoms with E-state index in [0.717, 1.165) is 53.9 Å². The second kappa shape index (κ2) is 12.8. The number of benzene rings is 1. The van der Waals surface area contributed by atoms with Crippen LogP contribution >= 0.6 is 11.6 Å². The van der Waals surface area contributed by atoms with E-state index in [1.807, 2.05) is 25.3 Å². The minimum Gasteiger partial charge on any atom is -0.390 e. The topological polar surface area (TPSA) is 56.8 Å². The Balaban J connectivity index is 0.000000785. The average Bonchev–Trinajstić information content (AvgIpc) is 3.31. The molecule has 5 nitrogen and oxygen atoms in total. The molecule has 0 unspecified atom stereocenters. The molecule has 0 atom stereocenters. The number of rotatable bonds is 10. The Bertz CT molecular complexity index is 963. The first-order valence-electron chi connectivity index (χ1n) is 10.8. The van der Waals surface area contributed by atoms with Crippen LogP contribution in [0.2, 0.25) is 5.02 Å². The highest BCUT2D eigenvalue weighted by atomic mass is 35.5. The molecule has 31 heavy (non-hydrogen) atoms. The molecule has 166 valence electrons. The lowest BCUT2D eigenvalue weighted by molar-refractivity contribution is 0.353. The molecule has 0 amide bonds. The van der Waals surface area contributed by atoms with E-state index in [-0.39, 0.29) is 0 Å². The Morgan fingerprint density at radius 3 is 2.61 bits per heavy atom. The van der Waals surface area contributed by atoms with Crippen LogP contribution in [-0.4, -0.2) is 39.7 Å². The summed E-state index contributed by atoms with van der Waals surface area (Å²) < 4.78 is 0. The van der Waals surface area contributed by atoms with E-state index in [4.69, 9.17) is 16.6 Å². The van der Waals surface area contributed by atoms with Crippen LogP contribution in [-0.2, 0) is 6.42 Å². The van der Waals surface area contributed by atoms with Crippen LogP contribution in [0, 0.1) is 0 Å². The molecule has 0 bridgehead atoms. The first-order valence-corrected chi connectivity index (χ1v) is 11.2. The van der Waals surface area contributed by atoms with Crippen molar-refractivity contribution in [2.24, 2.45) is 0 Å². The molecule has 2 heterocycles. The molecule has 0 saturated carbocycles. The fourth-order valence-corrected chi connectivity index (χ4v) is 3.25. The number of halogens is 1. The van der Waals surface area contributed by atoms with Crippen molar-refractivity contribution in [2.75, 3.05) is 19.6 Å². The largest absolute Gasteiger partial charge is 0.390 e. The molecule has 0 aliphatic heterocycles. The second-order valence-corrected chi connectivity index (χ2v) is 7.87. The number of nitrogens with one attached hydrogen (secondary N) is 2. The van der Waals surface area contributed by atoms with Gasteiger partial charge < -0.3 is 10.2 Å². The summed E-state index contributed by atoms with van der Waals surface area (Å²) in [4.78, 5) is 7.03. The standard InChI is InChI=1S/C21H24ClN5.C4H10/c1-4-23-8-10-27(15(2)3)9-7-16-5-6-18-19(22)12-20(26-21(18)11-16)17-13-24-25-14-17;1-3-4-2/h4-6,11-14,23H,1-2,7-10H2,3H3,(H,24,25);3-4H2,1-2H3. The van der Waals surface area contributed by atoms with E-state index in [1.54, 1.807) is 12.4 Å². The lowest BCUT2D eigenvalue weighted by Crippen LogP contribution is -2.30. The van der Waals surface area contributed by atoms with Crippen molar-refractivity contribution in [2.45, 2.75) is 40.0 Å². The molecule has 2 N–H and O–H groups in total. The van der Waals surface area contributed by atoms with E-state index in [9.17, 15) is 0 Å². The molecular weight excluding hydrogens is 406 g/mol. The average molecular weight is 440 g/mol. The smallest absolute Gasteiger partial charge is 0.0756 e. The molecule has 0 fully saturated rings. The lowest BCUT2D eigenvalue weighted by Gasteiger charge is -2.24. The number of fused-ring (bicyclic) bond motifs is 1. The van der Waals surface area contributed by atoms with E-state index in [2.05, 4.69) is 59.6 Å².